The van der Waals surface area contributed by atoms with E-state index in [4.69, 9.17) is 0 Å². The summed E-state index contributed by atoms with van der Waals surface area (Å²) in [6.45, 7) is 6.01. The predicted molar refractivity (Wildman–Crippen MR) is 78.6 cm³/mol. The van der Waals surface area contributed by atoms with E-state index in [0.717, 1.165) is 36.2 Å². The summed E-state index contributed by atoms with van der Waals surface area (Å²) in [5, 5.41) is 3.39. The average molecular weight is 257 g/mol. The van der Waals surface area contributed by atoms with E-state index in [1.165, 1.54) is 11.6 Å². The second-order valence-electron chi connectivity index (χ2n) is 4.84. The van der Waals surface area contributed by atoms with E-state index < -0.39 is 0 Å². The van der Waals surface area contributed by atoms with Gasteiger partial charge in [0.1, 0.15) is 5.82 Å². The van der Waals surface area contributed by atoms with Crippen molar-refractivity contribution in [1.82, 2.24) is 5.32 Å². The molecule has 2 aromatic carbocycles. The minimum Gasteiger partial charge on any atom is -0.313 e. The van der Waals surface area contributed by atoms with E-state index in [0.29, 0.717) is 0 Å². The lowest BCUT2D eigenvalue weighted by Gasteiger charge is -2.09. The summed E-state index contributed by atoms with van der Waals surface area (Å²) in [6, 6.07) is 13.4. The van der Waals surface area contributed by atoms with Crippen molar-refractivity contribution in [3.8, 4) is 11.1 Å². The summed E-state index contributed by atoms with van der Waals surface area (Å²) in [5.41, 5.74) is 4.47. The summed E-state index contributed by atoms with van der Waals surface area (Å²) in [4.78, 5) is 0. The van der Waals surface area contributed by atoms with Crippen LogP contribution >= 0.6 is 0 Å². The second kappa shape index (κ2) is 6.48. The Morgan fingerprint density at radius 3 is 2.68 bits per heavy atom. The van der Waals surface area contributed by atoms with Crippen molar-refractivity contribution in [2.75, 3.05) is 6.54 Å². The molecule has 0 aromatic heterocycles. The van der Waals surface area contributed by atoms with Crippen molar-refractivity contribution in [1.29, 1.82) is 0 Å². The Kier molecular flexibility index (Phi) is 4.69. The SMILES string of the molecule is CCCNCc1cccc(-c2ccc(F)cc2C)c1. The Balaban J connectivity index is 2.22. The molecule has 0 heterocycles. The lowest BCUT2D eigenvalue weighted by molar-refractivity contribution is 0.627. The van der Waals surface area contributed by atoms with Gasteiger partial charge in [-0.15, -0.1) is 0 Å². The maximum Gasteiger partial charge on any atom is 0.123 e. The van der Waals surface area contributed by atoms with Gasteiger partial charge in [-0.25, -0.2) is 4.39 Å². The Labute approximate surface area is 114 Å². The molecule has 0 atom stereocenters. The van der Waals surface area contributed by atoms with Crippen molar-refractivity contribution in [2.24, 2.45) is 0 Å². The molecule has 0 saturated carbocycles. The topological polar surface area (TPSA) is 12.0 Å². The summed E-state index contributed by atoms with van der Waals surface area (Å²) >= 11 is 0. The van der Waals surface area contributed by atoms with Crippen LogP contribution in [-0.4, -0.2) is 6.54 Å². The Bertz CT molecular complexity index is 549. The molecule has 100 valence electrons. The average Bonchev–Trinajstić information content (AvgIpc) is 2.39. The minimum atomic E-state index is -0.179. The van der Waals surface area contributed by atoms with Crippen LogP contribution in [-0.2, 0) is 6.54 Å². The molecule has 0 fully saturated rings. The molecule has 0 spiro atoms. The predicted octanol–water partition coefficient (Wildman–Crippen LogP) is 4.30. The quantitative estimate of drug-likeness (QED) is 0.787. The molecular weight excluding hydrogens is 237 g/mol. The number of benzene rings is 2. The van der Waals surface area contributed by atoms with E-state index in [9.17, 15) is 4.39 Å². The summed E-state index contributed by atoms with van der Waals surface area (Å²) in [5.74, 6) is -0.179. The third-order valence-corrected chi connectivity index (χ3v) is 3.18. The number of hydrogen-bond acceptors (Lipinski definition) is 1. The highest BCUT2D eigenvalue weighted by molar-refractivity contribution is 5.67. The summed E-state index contributed by atoms with van der Waals surface area (Å²) in [6.07, 6.45) is 1.14. The lowest BCUT2D eigenvalue weighted by atomic mass is 9.99. The molecule has 1 nitrogen and oxygen atoms in total. The third kappa shape index (κ3) is 3.65. The van der Waals surface area contributed by atoms with E-state index in [1.807, 2.05) is 13.0 Å². The molecule has 19 heavy (non-hydrogen) atoms. The molecule has 2 rings (SSSR count). The molecule has 1 N–H and O–H groups in total. The summed E-state index contributed by atoms with van der Waals surface area (Å²) in [7, 11) is 0. The van der Waals surface area contributed by atoms with Gasteiger partial charge < -0.3 is 5.32 Å². The van der Waals surface area contributed by atoms with E-state index in [-0.39, 0.29) is 5.82 Å². The Morgan fingerprint density at radius 2 is 1.95 bits per heavy atom. The maximum absolute atomic E-state index is 13.1. The van der Waals surface area contributed by atoms with Crippen LogP contribution in [0.5, 0.6) is 0 Å². The van der Waals surface area contributed by atoms with Crippen LogP contribution in [0.2, 0.25) is 0 Å². The van der Waals surface area contributed by atoms with Gasteiger partial charge in [-0.3, -0.25) is 0 Å². The van der Waals surface area contributed by atoms with Gasteiger partial charge in [-0.1, -0.05) is 31.2 Å². The van der Waals surface area contributed by atoms with Crippen molar-refractivity contribution in [3.63, 3.8) is 0 Å². The summed E-state index contributed by atoms with van der Waals surface area (Å²) < 4.78 is 13.1. The molecule has 2 aromatic rings. The van der Waals surface area contributed by atoms with Crippen molar-refractivity contribution >= 4 is 0 Å². The molecule has 0 saturated heterocycles. The van der Waals surface area contributed by atoms with Gasteiger partial charge in [0.25, 0.3) is 0 Å². The molecule has 2 heteroatoms. The normalized spacial score (nSPS) is 10.7. The number of rotatable bonds is 5. The Hall–Kier alpha value is -1.67. The van der Waals surface area contributed by atoms with Gasteiger partial charge in [0, 0.05) is 6.54 Å². The molecular formula is C17H20FN. The van der Waals surface area contributed by atoms with Gasteiger partial charge in [0.15, 0.2) is 0 Å². The third-order valence-electron chi connectivity index (χ3n) is 3.18. The number of halogens is 1. The fraction of sp³-hybridized carbons (Fsp3) is 0.294. The van der Waals surface area contributed by atoms with Gasteiger partial charge >= 0.3 is 0 Å². The van der Waals surface area contributed by atoms with Gasteiger partial charge in [0.05, 0.1) is 0 Å². The number of nitrogens with one attached hydrogen (secondary N) is 1. The second-order valence-corrected chi connectivity index (χ2v) is 4.84. The fourth-order valence-corrected chi connectivity index (χ4v) is 2.21. The molecule has 0 radical (unpaired) electrons. The highest BCUT2D eigenvalue weighted by Crippen LogP contribution is 2.24. The molecule has 0 unspecified atom stereocenters. The maximum atomic E-state index is 13.1. The first-order valence-electron chi connectivity index (χ1n) is 6.77. The molecule has 0 aliphatic carbocycles. The van der Waals surface area contributed by atoms with E-state index in [2.05, 4.69) is 36.5 Å². The van der Waals surface area contributed by atoms with E-state index in [1.54, 1.807) is 6.07 Å². The van der Waals surface area contributed by atoms with Crippen LogP contribution in [0.25, 0.3) is 11.1 Å². The van der Waals surface area contributed by atoms with E-state index >= 15 is 0 Å². The van der Waals surface area contributed by atoms with Crippen molar-refractivity contribution in [2.45, 2.75) is 26.8 Å². The van der Waals surface area contributed by atoms with Crippen molar-refractivity contribution < 1.29 is 4.39 Å². The highest BCUT2D eigenvalue weighted by Gasteiger charge is 2.04. The minimum absolute atomic E-state index is 0.179. The van der Waals surface area contributed by atoms with Gasteiger partial charge in [0.2, 0.25) is 0 Å². The lowest BCUT2D eigenvalue weighted by Crippen LogP contribution is -2.13. The molecule has 0 amide bonds. The standard InChI is InChI=1S/C17H20FN/c1-3-9-19-12-14-5-4-6-15(11-14)17-8-7-16(18)10-13(17)2/h4-8,10-11,19H,3,9,12H2,1-2H3. The van der Waals surface area contributed by atoms with Crippen molar-refractivity contribution in [3.05, 3.63) is 59.4 Å². The first-order chi connectivity index (χ1) is 9.20. The zero-order chi connectivity index (χ0) is 13.7. The zero-order valence-corrected chi connectivity index (χ0v) is 11.5. The number of aryl methyl sites for hydroxylation is 1. The first-order valence-corrected chi connectivity index (χ1v) is 6.77. The smallest absolute Gasteiger partial charge is 0.123 e. The highest BCUT2D eigenvalue weighted by atomic mass is 19.1. The molecule has 0 aliphatic rings. The first kappa shape index (κ1) is 13.8. The monoisotopic (exact) mass is 257 g/mol. The van der Waals surface area contributed by atoms with Crippen LogP contribution < -0.4 is 5.32 Å². The van der Waals surface area contributed by atoms with Crippen LogP contribution in [0.4, 0.5) is 4.39 Å². The van der Waals surface area contributed by atoms with Gasteiger partial charge in [-0.2, -0.15) is 0 Å². The van der Waals surface area contributed by atoms with Crippen LogP contribution in [0, 0.1) is 12.7 Å². The Morgan fingerprint density at radius 1 is 1.11 bits per heavy atom. The van der Waals surface area contributed by atoms with Crippen LogP contribution in [0.15, 0.2) is 42.5 Å². The largest absolute Gasteiger partial charge is 0.313 e. The molecule has 0 bridgehead atoms. The van der Waals surface area contributed by atoms with Gasteiger partial charge in [-0.05, 0) is 60.3 Å². The number of hydrogen-bond donors (Lipinski definition) is 1. The molecule has 0 aliphatic heterocycles. The van der Waals surface area contributed by atoms with Crippen LogP contribution in [0.1, 0.15) is 24.5 Å². The fourth-order valence-electron chi connectivity index (χ4n) is 2.21. The van der Waals surface area contributed by atoms with Crippen LogP contribution in [0.3, 0.4) is 0 Å². The zero-order valence-electron chi connectivity index (χ0n) is 11.5.